The third-order valence-corrected chi connectivity index (χ3v) is 8.57. The van der Waals surface area contributed by atoms with Crippen LogP contribution in [0.25, 0.3) is 0 Å². The van der Waals surface area contributed by atoms with Gasteiger partial charge in [-0.15, -0.1) is 0 Å². The molecule has 0 heterocycles. The van der Waals surface area contributed by atoms with E-state index in [1.165, 1.54) is 0 Å². The normalized spacial score (nSPS) is 26.4. The van der Waals surface area contributed by atoms with Gasteiger partial charge in [-0.25, -0.2) is 0 Å². The maximum Gasteiger partial charge on any atom is 0.184 e. The van der Waals surface area contributed by atoms with Crippen molar-refractivity contribution in [2.24, 2.45) is 22.2 Å². The van der Waals surface area contributed by atoms with Crippen molar-refractivity contribution in [1.29, 1.82) is 0 Å². The molecule has 0 aromatic heterocycles. The molecule has 0 aliphatic heterocycles. The van der Waals surface area contributed by atoms with Crippen molar-refractivity contribution in [3.05, 3.63) is 82.2 Å². The zero-order valence-corrected chi connectivity index (χ0v) is 23.7. The average molecular weight is 503 g/mol. The lowest BCUT2D eigenvalue weighted by molar-refractivity contribution is -0.165. The van der Waals surface area contributed by atoms with Gasteiger partial charge in [0.25, 0.3) is 0 Å². The zero-order valence-electron chi connectivity index (χ0n) is 23.7. The quantitative estimate of drug-likeness (QED) is 0.223. The van der Waals surface area contributed by atoms with Crippen LogP contribution in [0.3, 0.4) is 0 Å². The Labute approximate surface area is 222 Å². The van der Waals surface area contributed by atoms with E-state index in [1.807, 2.05) is 73.6 Å². The van der Waals surface area contributed by atoms with Gasteiger partial charge in [0.15, 0.2) is 22.8 Å². The van der Waals surface area contributed by atoms with Crippen LogP contribution in [0.2, 0.25) is 0 Å². The number of ketones is 3. The number of carbonyl (C=O) groups excluding carboxylic acids is 3. The Morgan fingerprint density at radius 2 is 1.49 bits per heavy atom. The third-order valence-electron chi connectivity index (χ3n) is 8.57. The van der Waals surface area contributed by atoms with Gasteiger partial charge >= 0.3 is 0 Å². The van der Waals surface area contributed by atoms with Crippen LogP contribution >= 0.6 is 0 Å². The number of aliphatic hydroxyl groups is 1. The van der Waals surface area contributed by atoms with E-state index < -0.39 is 33.6 Å². The van der Waals surface area contributed by atoms with Crippen LogP contribution in [0.1, 0.15) is 91.4 Å². The minimum absolute atomic E-state index is 0.136. The summed E-state index contributed by atoms with van der Waals surface area (Å²) >= 11 is 0. The predicted octanol–water partition coefficient (Wildman–Crippen LogP) is 7.92. The van der Waals surface area contributed by atoms with Crippen LogP contribution in [0.15, 0.2) is 76.6 Å². The molecule has 2 aliphatic carbocycles. The van der Waals surface area contributed by atoms with Gasteiger partial charge < -0.3 is 5.11 Å². The second-order valence-electron chi connectivity index (χ2n) is 12.1. The molecule has 2 bridgehead atoms. The Kier molecular flexibility index (Phi) is 8.02. The van der Waals surface area contributed by atoms with Gasteiger partial charge in [0.1, 0.15) is 5.76 Å². The summed E-state index contributed by atoms with van der Waals surface area (Å²) in [6, 6.07) is 8.67. The molecule has 1 fully saturated rings. The molecule has 4 nitrogen and oxygen atoms in total. The fraction of sp³-hybridized carbons (Fsp3) is 0.485. The van der Waals surface area contributed by atoms with Crippen LogP contribution in [0, 0.1) is 22.2 Å². The van der Waals surface area contributed by atoms with Crippen LogP contribution in [0.5, 0.6) is 0 Å². The molecule has 3 rings (SSSR count). The number of fused-ring (bicyclic) bond motifs is 2. The van der Waals surface area contributed by atoms with Crippen LogP contribution in [-0.2, 0) is 9.59 Å². The number of hydrogen-bond acceptors (Lipinski definition) is 4. The highest BCUT2D eigenvalue weighted by Crippen LogP contribution is 2.66. The van der Waals surface area contributed by atoms with Gasteiger partial charge in [0.2, 0.25) is 0 Å². The average Bonchev–Trinajstić information content (AvgIpc) is 2.82. The number of allylic oxidation sites excluding steroid dienone is 8. The highest BCUT2D eigenvalue weighted by atomic mass is 16.3. The maximum atomic E-state index is 14.8. The molecule has 0 saturated heterocycles. The molecule has 4 heteroatoms. The van der Waals surface area contributed by atoms with Gasteiger partial charge in [-0.1, -0.05) is 79.1 Å². The Bertz CT molecular complexity index is 1210. The van der Waals surface area contributed by atoms with Crippen molar-refractivity contribution in [1.82, 2.24) is 0 Å². The summed E-state index contributed by atoms with van der Waals surface area (Å²) in [5, 5.41) is 11.9. The summed E-state index contributed by atoms with van der Waals surface area (Å²) in [4.78, 5) is 43.5. The van der Waals surface area contributed by atoms with E-state index in [9.17, 15) is 19.5 Å². The van der Waals surface area contributed by atoms with Gasteiger partial charge in [-0.05, 0) is 78.6 Å². The Morgan fingerprint density at radius 3 is 2.03 bits per heavy atom. The second kappa shape index (κ2) is 10.4. The largest absolute Gasteiger partial charge is 0.511 e. The van der Waals surface area contributed by atoms with E-state index in [0.29, 0.717) is 12.0 Å². The highest BCUT2D eigenvalue weighted by molar-refractivity contribution is 6.35. The first kappa shape index (κ1) is 28.6. The highest BCUT2D eigenvalue weighted by Gasteiger charge is 2.73. The van der Waals surface area contributed by atoms with E-state index in [4.69, 9.17) is 0 Å². The summed E-state index contributed by atoms with van der Waals surface area (Å²) < 4.78 is 0. The van der Waals surface area contributed by atoms with E-state index in [0.717, 1.165) is 16.7 Å². The van der Waals surface area contributed by atoms with Crippen LogP contribution in [-0.4, -0.2) is 22.5 Å². The van der Waals surface area contributed by atoms with Crippen molar-refractivity contribution in [3.63, 3.8) is 0 Å². The molecule has 0 spiro atoms. The number of hydrogen-bond donors (Lipinski definition) is 1. The summed E-state index contributed by atoms with van der Waals surface area (Å²) in [5.41, 5.74) is -0.253. The lowest BCUT2D eigenvalue weighted by Gasteiger charge is -2.60. The number of carbonyl (C=O) groups is 3. The van der Waals surface area contributed by atoms with Crippen molar-refractivity contribution in [2.75, 3.05) is 0 Å². The van der Waals surface area contributed by atoms with Gasteiger partial charge in [0, 0.05) is 11.1 Å². The molecule has 198 valence electrons. The number of rotatable bonds is 8. The van der Waals surface area contributed by atoms with Gasteiger partial charge in [-0.3, -0.25) is 14.4 Å². The molecule has 2 aliphatic rings. The summed E-state index contributed by atoms with van der Waals surface area (Å²) in [7, 11) is 0. The Hall–Kier alpha value is -3.01. The Morgan fingerprint density at radius 1 is 0.919 bits per heavy atom. The van der Waals surface area contributed by atoms with Crippen LogP contribution < -0.4 is 0 Å². The molecule has 0 unspecified atom stereocenters. The molecule has 3 atom stereocenters. The molecule has 0 amide bonds. The number of aliphatic hydroxyl groups excluding tert-OH is 1. The van der Waals surface area contributed by atoms with Gasteiger partial charge in [-0.2, -0.15) is 0 Å². The first-order chi connectivity index (χ1) is 17.2. The minimum Gasteiger partial charge on any atom is -0.511 e. The van der Waals surface area contributed by atoms with Crippen molar-refractivity contribution < 1.29 is 19.5 Å². The first-order valence-corrected chi connectivity index (χ1v) is 13.3. The van der Waals surface area contributed by atoms with Crippen molar-refractivity contribution in [3.8, 4) is 0 Å². The molecule has 1 aromatic rings. The fourth-order valence-corrected chi connectivity index (χ4v) is 6.15. The molecule has 37 heavy (non-hydrogen) atoms. The second-order valence-corrected chi connectivity index (χ2v) is 12.1. The van der Waals surface area contributed by atoms with Gasteiger partial charge in [0.05, 0.1) is 5.41 Å². The first-order valence-electron chi connectivity index (χ1n) is 13.3. The number of Topliss-reactive ketones (excluding diaryl/α,β-unsaturated/α-hetero) is 3. The smallest absolute Gasteiger partial charge is 0.184 e. The zero-order chi connectivity index (χ0) is 27.8. The summed E-state index contributed by atoms with van der Waals surface area (Å²) in [6.45, 7) is 15.9. The third kappa shape index (κ3) is 4.60. The lowest BCUT2D eigenvalue weighted by Crippen LogP contribution is -2.68. The van der Waals surface area contributed by atoms with E-state index in [1.54, 1.807) is 24.3 Å². The van der Waals surface area contributed by atoms with E-state index >= 15 is 0 Å². The van der Waals surface area contributed by atoms with Crippen molar-refractivity contribution >= 4 is 17.3 Å². The maximum absolute atomic E-state index is 14.8. The minimum atomic E-state index is -1.86. The molecular weight excluding hydrogens is 460 g/mol. The van der Waals surface area contributed by atoms with E-state index in [-0.39, 0.29) is 36.5 Å². The predicted molar refractivity (Wildman–Crippen MR) is 149 cm³/mol. The summed E-state index contributed by atoms with van der Waals surface area (Å²) in [5.74, 6) is -1.76. The molecule has 1 N–H and O–H groups in total. The number of benzene rings is 1. The monoisotopic (exact) mass is 502 g/mol. The summed E-state index contributed by atoms with van der Waals surface area (Å²) in [6.07, 6.45) is 7.15. The topological polar surface area (TPSA) is 71.4 Å². The SMILES string of the molecule is CC(C)=CCC1=C(O)[C@@]2(CC=C(C)C)C(=O)[C@](C(=O)c3ccccc3)(C[C@H](CC=C(C)C)C2(C)C)C1=O. The molecular formula is C33H42O4. The standard InChI is InChI=1S/C33H42O4/c1-21(2)14-16-25-20-32(27(34)24-12-10-9-11-13-24)28(35)26(17-15-22(3)4)29(36)33(30(32)37,31(25,7)8)19-18-23(5)6/h9-15,18,25,36H,16-17,19-20H2,1-8H3/t25-,32-,33-/m0/s1. The Balaban J connectivity index is 2.44. The van der Waals surface area contributed by atoms with Crippen molar-refractivity contribution in [2.45, 2.75) is 81.1 Å². The van der Waals surface area contributed by atoms with E-state index in [2.05, 4.69) is 6.08 Å². The molecule has 0 radical (unpaired) electrons. The lowest BCUT2D eigenvalue weighted by atomic mass is 9.40. The molecule has 1 aromatic carbocycles. The van der Waals surface area contributed by atoms with Crippen LogP contribution in [0.4, 0.5) is 0 Å². The molecule has 1 saturated carbocycles. The fourth-order valence-electron chi connectivity index (χ4n) is 6.15.